The monoisotopic (exact) mass is 414 g/mol. The fourth-order valence-electron chi connectivity index (χ4n) is 3.99. The molecule has 0 aliphatic carbocycles. The van der Waals surface area contributed by atoms with Gasteiger partial charge < -0.3 is 15.5 Å². The second-order valence-corrected chi connectivity index (χ2v) is 9.48. The summed E-state index contributed by atoms with van der Waals surface area (Å²) in [7, 11) is 1.86. The number of carbonyl (C=O) groups is 3. The predicted molar refractivity (Wildman–Crippen MR) is 116 cm³/mol. The summed E-state index contributed by atoms with van der Waals surface area (Å²) < 4.78 is 0. The minimum Gasteiger partial charge on any atom is -0.352 e. The fraction of sp³-hybridized carbons (Fsp3) is 0.609. The van der Waals surface area contributed by atoms with Gasteiger partial charge in [0.25, 0.3) is 5.91 Å². The molecule has 7 nitrogen and oxygen atoms in total. The van der Waals surface area contributed by atoms with Crippen molar-refractivity contribution in [3.8, 4) is 0 Å². The van der Waals surface area contributed by atoms with Crippen molar-refractivity contribution >= 4 is 17.7 Å². The van der Waals surface area contributed by atoms with Gasteiger partial charge in [-0.25, -0.2) is 0 Å². The Balaban J connectivity index is 1.45. The lowest BCUT2D eigenvalue weighted by Crippen LogP contribution is -2.50. The molecule has 3 rings (SSSR count). The van der Waals surface area contributed by atoms with Crippen LogP contribution in [0.2, 0.25) is 0 Å². The molecule has 2 heterocycles. The molecule has 3 amide bonds. The van der Waals surface area contributed by atoms with Gasteiger partial charge in [0.1, 0.15) is 0 Å². The van der Waals surface area contributed by atoms with E-state index in [2.05, 4.69) is 15.5 Å². The molecule has 1 aromatic rings. The zero-order valence-corrected chi connectivity index (χ0v) is 18.5. The topological polar surface area (TPSA) is 81.8 Å². The third kappa shape index (κ3) is 5.39. The molecule has 2 fully saturated rings. The molecule has 0 bridgehead atoms. The summed E-state index contributed by atoms with van der Waals surface area (Å²) in [6.45, 7) is 8.59. The van der Waals surface area contributed by atoms with E-state index in [4.69, 9.17) is 0 Å². The molecule has 1 unspecified atom stereocenters. The van der Waals surface area contributed by atoms with E-state index in [1.807, 2.05) is 40.0 Å². The summed E-state index contributed by atoms with van der Waals surface area (Å²) in [4.78, 5) is 40.8. The van der Waals surface area contributed by atoms with Gasteiger partial charge in [-0.1, -0.05) is 32.9 Å². The van der Waals surface area contributed by atoms with Crippen LogP contribution in [0.25, 0.3) is 0 Å². The summed E-state index contributed by atoms with van der Waals surface area (Å²) in [6.07, 6.45) is 2.61. The van der Waals surface area contributed by atoms with Crippen LogP contribution in [0.4, 0.5) is 0 Å². The van der Waals surface area contributed by atoms with Gasteiger partial charge in [-0.05, 0) is 37.0 Å². The van der Waals surface area contributed by atoms with Gasteiger partial charge in [-0.2, -0.15) is 0 Å². The molecule has 0 saturated carbocycles. The highest BCUT2D eigenvalue weighted by atomic mass is 16.2. The summed E-state index contributed by atoms with van der Waals surface area (Å²) >= 11 is 0. The van der Waals surface area contributed by atoms with Gasteiger partial charge in [0, 0.05) is 50.2 Å². The fourth-order valence-corrected chi connectivity index (χ4v) is 3.99. The number of carbonyl (C=O) groups excluding carboxylic acids is 3. The van der Waals surface area contributed by atoms with Crippen molar-refractivity contribution in [1.29, 1.82) is 0 Å². The van der Waals surface area contributed by atoms with Crippen LogP contribution in [-0.4, -0.2) is 66.3 Å². The van der Waals surface area contributed by atoms with E-state index < -0.39 is 5.41 Å². The number of hydrogen-bond acceptors (Lipinski definition) is 4. The number of piperidine rings is 1. The average Bonchev–Trinajstić information content (AvgIpc) is 3.05. The molecule has 0 radical (unpaired) electrons. The number of nitrogens with one attached hydrogen (secondary N) is 2. The second kappa shape index (κ2) is 9.16. The standard InChI is InChI=1S/C23H34N4O3/c1-23(2,3)22(30)24-15-16-5-7-17(8-6-16)20(28)25-18-9-13-27(14-10-18)19-11-12-26(4)21(19)29/h5-8,18-19H,9-15H2,1-4H3,(H,24,30)(H,25,28). The maximum atomic E-state index is 12.6. The van der Waals surface area contributed by atoms with Crippen LogP contribution >= 0.6 is 0 Å². The minimum atomic E-state index is -0.420. The number of amides is 3. The van der Waals surface area contributed by atoms with E-state index in [0.29, 0.717) is 12.1 Å². The van der Waals surface area contributed by atoms with Gasteiger partial charge >= 0.3 is 0 Å². The molecule has 164 valence electrons. The Kier molecular flexibility index (Phi) is 6.81. The number of benzene rings is 1. The molecule has 7 heteroatoms. The Labute approximate surface area is 179 Å². The van der Waals surface area contributed by atoms with E-state index in [9.17, 15) is 14.4 Å². The number of likely N-dealkylation sites (tertiary alicyclic amines) is 2. The molecule has 30 heavy (non-hydrogen) atoms. The van der Waals surface area contributed by atoms with Crippen LogP contribution in [0.5, 0.6) is 0 Å². The average molecular weight is 415 g/mol. The van der Waals surface area contributed by atoms with Crippen LogP contribution in [-0.2, 0) is 16.1 Å². The molecule has 2 N–H and O–H groups in total. The maximum absolute atomic E-state index is 12.6. The van der Waals surface area contributed by atoms with Gasteiger partial charge in [0.05, 0.1) is 6.04 Å². The van der Waals surface area contributed by atoms with Crippen molar-refractivity contribution in [3.05, 3.63) is 35.4 Å². The number of likely N-dealkylation sites (N-methyl/N-ethyl adjacent to an activating group) is 1. The molecular weight excluding hydrogens is 380 g/mol. The van der Waals surface area contributed by atoms with Crippen LogP contribution in [0.1, 0.15) is 56.0 Å². The Morgan fingerprint density at radius 3 is 2.20 bits per heavy atom. The minimum absolute atomic E-state index is 0.00149. The summed E-state index contributed by atoms with van der Waals surface area (Å²) in [5, 5.41) is 6.04. The number of hydrogen-bond donors (Lipinski definition) is 2. The molecule has 2 aliphatic rings. The van der Waals surface area contributed by atoms with Crippen molar-refractivity contribution < 1.29 is 14.4 Å². The summed E-state index contributed by atoms with van der Waals surface area (Å²) in [6, 6.07) is 7.50. The largest absolute Gasteiger partial charge is 0.352 e. The quantitative estimate of drug-likeness (QED) is 0.770. The first-order valence-corrected chi connectivity index (χ1v) is 10.8. The zero-order chi connectivity index (χ0) is 21.9. The van der Waals surface area contributed by atoms with Gasteiger partial charge in [0.15, 0.2) is 0 Å². The number of nitrogens with zero attached hydrogens (tertiary/aromatic N) is 2. The summed E-state index contributed by atoms with van der Waals surface area (Å²) in [5.41, 5.74) is 1.16. The van der Waals surface area contributed by atoms with Crippen LogP contribution in [0, 0.1) is 5.41 Å². The Bertz CT molecular complexity index is 777. The SMILES string of the molecule is CN1CCC(N2CCC(NC(=O)c3ccc(CNC(=O)C(C)(C)C)cc3)CC2)C1=O. The van der Waals surface area contributed by atoms with Crippen LogP contribution < -0.4 is 10.6 Å². The molecule has 0 aromatic heterocycles. The first-order valence-electron chi connectivity index (χ1n) is 10.8. The highest BCUT2D eigenvalue weighted by Gasteiger charge is 2.35. The smallest absolute Gasteiger partial charge is 0.251 e. The molecule has 2 saturated heterocycles. The van der Waals surface area contributed by atoms with Crippen molar-refractivity contribution in [2.75, 3.05) is 26.7 Å². The maximum Gasteiger partial charge on any atom is 0.251 e. The first-order chi connectivity index (χ1) is 14.1. The lowest BCUT2D eigenvalue weighted by Gasteiger charge is -2.35. The molecule has 2 aliphatic heterocycles. The van der Waals surface area contributed by atoms with E-state index >= 15 is 0 Å². The van der Waals surface area contributed by atoms with E-state index in [-0.39, 0.29) is 29.8 Å². The molecule has 0 spiro atoms. The Morgan fingerprint density at radius 1 is 1.03 bits per heavy atom. The van der Waals surface area contributed by atoms with Crippen molar-refractivity contribution in [3.63, 3.8) is 0 Å². The number of rotatable bonds is 5. The van der Waals surface area contributed by atoms with Gasteiger partial charge in [-0.3, -0.25) is 19.3 Å². The van der Waals surface area contributed by atoms with Crippen LogP contribution in [0.3, 0.4) is 0 Å². The third-order valence-electron chi connectivity index (χ3n) is 6.06. The molecular formula is C23H34N4O3. The van der Waals surface area contributed by atoms with Crippen molar-refractivity contribution in [2.45, 2.75) is 58.7 Å². The lowest BCUT2D eigenvalue weighted by molar-refractivity contribution is -0.131. The Hall–Kier alpha value is -2.41. The van der Waals surface area contributed by atoms with Gasteiger partial charge in [-0.15, -0.1) is 0 Å². The van der Waals surface area contributed by atoms with Crippen LogP contribution in [0.15, 0.2) is 24.3 Å². The van der Waals surface area contributed by atoms with Crippen molar-refractivity contribution in [1.82, 2.24) is 20.4 Å². The zero-order valence-electron chi connectivity index (χ0n) is 18.5. The predicted octanol–water partition coefficient (Wildman–Crippen LogP) is 1.77. The third-order valence-corrected chi connectivity index (χ3v) is 6.06. The van der Waals surface area contributed by atoms with E-state index in [0.717, 1.165) is 44.5 Å². The normalized spacial score (nSPS) is 21.0. The van der Waals surface area contributed by atoms with Crippen molar-refractivity contribution in [2.24, 2.45) is 5.41 Å². The lowest BCUT2D eigenvalue weighted by atomic mass is 9.95. The highest BCUT2D eigenvalue weighted by Crippen LogP contribution is 2.21. The first kappa shape index (κ1) is 22.3. The van der Waals surface area contributed by atoms with Gasteiger partial charge in [0.2, 0.25) is 11.8 Å². The highest BCUT2D eigenvalue weighted by molar-refractivity contribution is 5.94. The second-order valence-electron chi connectivity index (χ2n) is 9.48. The molecule has 1 atom stereocenters. The Morgan fingerprint density at radius 2 is 1.67 bits per heavy atom. The summed E-state index contributed by atoms with van der Waals surface area (Å²) in [5.74, 6) is 0.147. The van der Waals surface area contributed by atoms with E-state index in [1.54, 1.807) is 17.0 Å². The van der Waals surface area contributed by atoms with E-state index in [1.165, 1.54) is 0 Å². The molecule has 1 aromatic carbocycles.